The number of carbonyl (C=O) groups is 3. The van der Waals surface area contributed by atoms with Crippen LogP contribution in [0.15, 0.2) is 48.1 Å². The zero-order valence-electron chi connectivity index (χ0n) is 17.8. The molecular weight excluding hydrogens is 416 g/mol. The van der Waals surface area contributed by atoms with Gasteiger partial charge in [0.2, 0.25) is 5.91 Å². The van der Waals surface area contributed by atoms with Crippen molar-refractivity contribution in [3.63, 3.8) is 0 Å². The number of benzene rings is 1. The monoisotopic (exact) mass is 442 g/mol. The number of ether oxygens (including phenoxy) is 3. The lowest BCUT2D eigenvalue weighted by molar-refractivity contribution is -0.152. The van der Waals surface area contributed by atoms with Crippen LogP contribution in [-0.4, -0.2) is 72.0 Å². The van der Waals surface area contributed by atoms with Crippen LogP contribution in [0.1, 0.15) is 18.4 Å². The van der Waals surface area contributed by atoms with Crippen LogP contribution in [0.3, 0.4) is 0 Å². The zero-order valence-corrected chi connectivity index (χ0v) is 17.8. The minimum absolute atomic E-state index is 0.0271. The number of likely N-dealkylation sites (tertiary alicyclic amines) is 1. The minimum Gasteiger partial charge on any atom is -0.486 e. The molecule has 1 spiro atoms. The number of carbonyl (C=O) groups excluding carboxylic acids is 2. The predicted octanol–water partition coefficient (Wildman–Crippen LogP) is 1.17. The van der Waals surface area contributed by atoms with Crippen LogP contribution in [0.25, 0.3) is 0 Å². The van der Waals surface area contributed by atoms with Crippen LogP contribution in [0, 0.1) is 6.92 Å². The number of nitrogens with zero attached hydrogens (tertiary/aromatic N) is 1. The van der Waals surface area contributed by atoms with Gasteiger partial charge in [-0.05, 0) is 25.1 Å². The van der Waals surface area contributed by atoms with Gasteiger partial charge < -0.3 is 29.5 Å². The molecule has 2 atom stereocenters. The Balaban J connectivity index is 1.28. The summed E-state index contributed by atoms with van der Waals surface area (Å²) in [6, 6.07) is 6.68. The summed E-state index contributed by atoms with van der Waals surface area (Å²) in [5.74, 6) is -2.34. The van der Waals surface area contributed by atoms with E-state index in [4.69, 9.17) is 14.2 Å². The summed E-state index contributed by atoms with van der Waals surface area (Å²) in [6.45, 7) is 2.44. The standard InChI is InChI=1S/C23H26N2O7/c1-15-2-6-17(7-3-15)32-18-8-4-16(5-9-18)21(27)24-13-20(26)25-14-23(30-10-11-31-23)12-19(25)22(28)29/h2-8,18-19H,9-14H2,1H3,(H,24,27)(H,28,29). The first-order valence-electron chi connectivity index (χ1n) is 10.6. The largest absolute Gasteiger partial charge is 0.486 e. The van der Waals surface area contributed by atoms with Crippen molar-refractivity contribution < 1.29 is 33.7 Å². The first-order valence-corrected chi connectivity index (χ1v) is 10.6. The first-order chi connectivity index (χ1) is 15.3. The average Bonchev–Trinajstić information content (AvgIpc) is 3.41. The van der Waals surface area contributed by atoms with Crippen molar-refractivity contribution in [1.82, 2.24) is 10.2 Å². The third-order valence-corrected chi connectivity index (χ3v) is 5.74. The Morgan fingerprint density at radius 3 is 2.56 bits per heavy atom. The molecule has 2 saturated heterocycles. The number of aryl methyl sites for hydroxylation is 1. The molecule has 2 unspecified atom stereocenters. The second-order valence-corrected chi connectivity index (χ2v) is 8.09. The molecule has 0 radical (unpaired) electrons. The van der Waals surface area contributed by atoms with E-state index in [1.54, 1.807) is 18.2 Å². The van der Waals surface area contributed by atoms with Crippen molar-refractivity contribution >= 4 is 17.8 Å². The van der Waals surface area contributed by atoms with Crippen LogP contribution in [-0.2, 0) is 23.9 Å². The molecule has 9 heteroatoms. The van der Waals surface area contributed by atoms with E-state index in [2.05, 4.69) is 5.32 Å². The molecule has 1 aromatic rings. The fraction of sp³-hybridized carbons (Fsp3) is 0.435. The van der Waals surface area contributed by atoms with Crippen molar-refractivity contribution in [1.29, 1.82) is 0 Å². The lowest BCUT2D eigenvalue weighted by Gasteiger charge is -2.23. The van der Waals surface area contributed by atoms with Gasteiger partial charge in [0, 0.05) is 18.4 Å². The molecule has 9 nitrogen and oxygen atoms in total. The topological polar surface area (TPSA) is 114 Å². The van der Waals surface area contributed by atoms with Gasteiger partial charge in [-0.2, -0.15) is 0 Å². The molecule has 0 bridgehead atoms. The van der Waals surface area contributed by atoms with E-state index in [-0.39, 0.29) is 25.6 Å². The number of amides is 2. The normalized spacial score (nSPS) is 23.8. The van der Waals surface area contributed by atoms with Crippen molar-refractivity contribution in [2.75, 3.05) is 26.3 Å². The quantitative estimate of drug-likeness (QED) is 0.680. The SMILES string of the molecule is Cc1ccc(OC2C=CC(C(=O)NCC(=O)N3CC4(CC3C(=O)O)OCCO4)=CC2)cc1. The van der Waals surface area contributed by atoms with Gasteiger partial charge in [0.15, 0.2) is 5.79 Å². The second kappa shape index (κ2) is 9.13. The van der Waals surface area contributed by atoms with Crippen molar-refractivity contribution in [3.05, 3.63) is 53.6 Å². The van der Waals surface area contributed by atoms with Gasteiger partial charge in [0.25, 0.3) is 5.91 Å². The van der Waals surface area contributed by atoms with Gasteiger partial charge in [-0.1, -0.05) is 29.8 Å². The highest BCUT2D eigenvalue weighted by Crippen LogP contribution is 2.34. The second-order valence-electron chi connectivity index (χ2n) is 8.09. The summed E-state index contributed by atoms with van der Waals surface area (Å²) in [4.78, 5) is 37.9. The summed E-state index contributed by atoms with van der Waals surface area (Å²) < 4.78 is 17.0. The first kappa shape index (κ1) is 22.0. The van der Waals surface area contributed by atoms with Crippen LogP contribution in [0.4, 0.5) is 0 Å². The molecule has 0 aromatic heterocycles. The Kier molecular flexibility index (Phi) is 6.29. The fourth-order valence-electron chi connectivity index (χ4n) is 4.04. The summed E-state index contributed by atoms with van der Waals surface area (Å²) in [5, 5.41) is 12.1. The number of hydrogen-bond acceptors (Lipinski definition) is 6. The number of rotatable bonds is 6. The molecule has 4 rings (SSSR count). The maximum Gasteiger partial charge on any atom is 0.326 e. The number of nitrogens with one attached hydrogen (secondary N) is 1. The fourth-order valence-corrected chi connectivity index (χ4v) is 4.04. The summed E-state index contributed by atoms with van der Waals surface area (Å²) >= 11 is 0. The van der Waals surface area contributed by atoms with E-state index < -0.39 is 29.6 Å². The van der Waals surface area contributed by atoms with Gasteiger partial charge >= 0.3 is 5.97 Å². The maximum absolute atomic E-state index is 12.6. The van der Waals surface area contributed by atoms with Crippen LogP contribution < -0.4 is 10.1 Å². The zero-order chi connectivity index (χ0) is 22.7. The molecule has 2 fully saturated rings. The van der Waals surface area contributed by atoms with E-state index in [1.807, 2.05) is 31.2 Å². The third-order valence-electron chi connectivity index (χ3n) is 5.74. The Morgan fingerprint density at radius 2 is 1.94 bits per heavy atom. The Morgan fingerprint density at radius 1 is 1.22 bits per heavy atom. The van der Waals surface area contributed by atoms with E-state index in [0.717, 1.165) is 11.3 Å². The summed E-state index contributed by atoms with van der Waals surface area (Å²) in [5.41, 5.74) is 1.57. The molecule has 32 heavy (non-hydrogen) atoms. The molecule has 2 N–H and O–H groups in total. The van der Waals surface area contributed by atoms with E-state index >= 15 is 0 Å². The Labute approximate surface area is 185 Å². The molecule has 3 aliphatic rings. The molecule has 1 aromatic carbocycles. The van der Waals surface area contributed by atoms with Gasteiger partial charge in [-0.3, -0.25) is 9.59 Å². The number of carboxylic acid groups (broad SMARTS) is 1. The third kappa shape index (κ3) is 4.84. The number of hydrogen-bond donors (Lipinski definition) is 2. The van der Waals surface area contributed by atoms with Gasteiger partial charge in [0.1, 0.15) is 17.9 Å². The van der Waals surface area contributed by atoms with Crippen LogP contribution >= 0.6 is 0 Å². The maximum atomic E-state index is 12.6. The lowest BCUT2D eigenvalue weighted by Crippen LogP contribution is -2.46. The van der Waals surface area contributed by atoms with Crippen LogP contribution in [0.5, 0.6) is 5.75 Å². The molecule has 2 amide bonds. The molecule has 1 aliphatic carbocycles. The number of carboxylic acids is 1. The number of aliphatic carboxylic acids is 1. The highest BCUT2D eigenvalue weighted by molar-refractivity contribution is 5.98. The molecule has 2 heterocycles. The smallest absolute Gasteiger partial charge is 0.326 e. The lowest BCUT2D eigenvalue weighted by atomic mass is 10.0. The average molecular weight is 442 g/mol. The van der Waals surface area contributed by atoms with E-state index in [9.17, 15) is 19.5 Å². The van der Waals surface area contributed by atoms with Gasteiger partial charge in [0.05, 0.1) is 26.3 Å². The summed E-state index contributed by atoms with van der Waals surface area (Å²) in [6.07, 6.45) is 5.62. The molecule has 0 saturated carbocycles. The van der Waals surface area contributed by atoms with E-state index in [0.29, 0.717) is 25.2 Å². The minimum atomic E-state index is -1.13. The Bertz CT molecular complexity index is 948. The predicted molar refractivity (Wildman–Crippen MR) is 113 cm³/mol. The Hall–Kier alpha value is -3.17. The summed E-state index contributed by atoms with van der Waals surface area (Å²) in [7, 11) is 0. The highest BCUT2D eigenvalue weighted by atomic mass is 16.7. The van der Waals surface area contributed by atoms with Gasteiger partial charge in [-0.25, -0.2) is 4.79 Å². The van der Waals surface area contributed by atoms with Crippen LogP contribution in [0.2, 0.25) is 0 Å². The molecule has 2 aliphatic heterocycles. The van der Waals surface area contributed by atoms with Crippen molar-refractivity contribution in [2.45, 2.75) is 37.7 Å². The highest BCUT2D eigenvalue weighted by Gasteiger charge is 2.52. The molecular formula is C23H26N2O7. The van der Waals surface area contributed by atoms with Gasteiger partial charge in [-0.15, -0.1) is 0 Å². The van der Waals surface area contributed by atoms with Crippen molar-refractivity contribution in [3.8, 4) is 5.75 Å². The van der Waals surface area contributed by atoms with Crippen molar-refractivity contribution in [2.24, 2.45) is 0 Å². The molecule has 170 valence electrons. The van der Waals surface area contributed by atoms with E-state index in [1.165, 1.54) is 4.90 Å².